The number of hydrogen-bond donors (Lipinski definition) is 4. The Kier molecular flexibility index (Phi) is 7.36. The van der Waals surface area contributed by atoms with Gasteiger partial charge >= 0.3 is 12.0 Å². The van der Waals surface area contributed by atoms with E-state index in [2.05, 4.69) is 10.6 Å². The van der Waals surface area contributed by atoms with Crippen LogP contribution in [0.2, 0.25) is 0 Å². The van der Waals surface area contributed by atoms with Gasteiger partial charge in [-0.1, -0.05) is 32.6 Å². The van der Waals surface area contributed by atoms with E-state index < -0.39 is 24.0 Å². The van der Waals surface area contributed by atoms with Crippen molar-refractivity contribution in [3.63, 3.8) is 0 Å². The molecule has 0 heterocycles. The van der Waals surface area contributed by atoms with Crippen molar-refractivity contribution >= 4 is 12.0 Å². The molecule has 3 unspecified atom stereocenters. The van der Waals surface area contributed by atoms with Crippen LogP contribution in [0.15, 0.2) is 0 Å². The Morgan fingerprint density at radius 1 is 1.25 bits per heavy atom. The molecule has 0 aromatic rings. The highest BCUT2D eigenvalue weighted by atomic mass is 16.4. The van der Waals surface area contributed by atoms with E-state index in [9.17, 15) is 14.7 Å². The number of urea groups is 1. The molecule has 0 spiro atoms. The van der Waals surface area contributed by atoms with Gasteiger partial charge in [-0.15, -0.1) is 0 Å². The van der Waals surface area contributed by atoms with Crippen LogP contribution in [0.3, 0.4) is 0 Å². The third-order valence-corrected chi connectivity index (χ3v) is 3.79. The zero-order valence-corrected chi connectivity index (χ0v) is 12.1. The summed E-state index contributed by atoms with van der Waals surface area (Å²) in [6.45, 7) is 2.04. The Balaban J connectivity index is 2.36. The summed E-state index contributed by atoms with van der Waals surface area (Å²) >= 11 is 0. The van der Waals surface area contributed by atoms with Gasteiger partial charge in [-0.25, -0.2) is 4.79 Å². The number of amides is 2. The highest BCUT2D eigenvalue weighted by molar-refractivity contribution is 5.76. The molecule has 0 bridgehead atoms. The molecule has 6 heteroatoms. The van der Waals surface area contributed by atoms with Gasteiger partial charge in [-0.2, -0.15) is 0 Å². The zero-order chi connectivity index (χ0) is 15.0. The molecule has 0 radical (unpaired) electrons. The van der Waals surface area contributed by atoms with E-state index in [1.54, 1.807) is 0 Å². The van der Waals surface area contributed by atoms with Crippen molar-refractivity contribution in [3.8, 4) is 0 Å². The highest BCUT2D eigenvalue weighted by Crippen LogP contribution is 2.17. The second-order valence-electron chi connectivity index (χ2n) is 5.49. The van der Waals surface area contributed by atoms with Crippen molar-refractivity contribution < 1.29 is 19.8 Å². The molecule has 1 aliphatic rings. The van der Waals surface area contributed by atoms with Crippen LogP contribution in [0, 0.1) is 5.92 Å². The summed E-state index contributed by atoms with van der Waals surface area (Å²) < 4.78 is 0. The minimum absolute atomic E-state index is 0.123. The van der Waals surface area contributed by atoms with Gasteiger partial charge in [0.2, 0.25) is 0 Å². The van der Waals surface area contributed by atoms with Crippen LogP contribution in [0.25, 0.3) is 0 Å². The number of aliphatic carboxylic acids is 1. The van der Waals surface area contributed by atoms with Crippen LogP contribution in [0.5, 0.6) is 0 Å². The topological polar surface area (TPSA) is 98.7 Å². The van der Waals surface area contributed by atoms with Crippen molar-refractivity contribution in [1.29, 1.82) is 0 Å². The van der Waals surface area contributed by atoms with E-state index in [4.69, 9.17) is 5.11 Å². The third kappa shape index (κ3) is 5.77. The number of carbonyl (C=O) groups is 2. The molecule has 6 nitrogen and oxygen atoms in total. The molecule has 0 aromatic carbocycles. The van der Waals surface area contributed by atoms with Crippen LogP contribution in [0.4, 0.5) is 4.79 Å². The van der Waals surface area contributed by atoms with Gasteiger partial charge in [-0.05, 0) is 19.3 Å². The van der Waals surface area contributed by atoms with Gasteiger partial charge in [0.05, 0.1) is 18.1 Å². The molecule has 0 aromatic heterocycles. The second kappa shape index (κ2) is 8.79. The Morgan fingerprint density at radius 3 is 2.60 bits per heavy atom. The van der Waals surface area contributed by atoms with Crippen LogP contribution >= 0.6 is 0 Å². The maximum Gasteiger partial charge on any atom is 0.315 e. The quantitative estimate of drug-likeness (QED) is 0.556. The first-order valence-corrected chi connectivity index (χ1v) is 7.49. The predicted octanol–water partition coefficient (Wildman–Crippen LogP) is 1.48. The van der Waals surface area contributed by atoms with E-state index in [-0.39, 0.29) is 12.6 Å². The minimum atomic E-state index is -0.887. The summed E-state index contributed by atoms with van der Waals surface area (Å²) in [6.07, 6.45) is 5.34. The lowest BCUT2D eigenvalue weighted by Crippen LogP contribution is -2.48. The summed E-state index contributed by atoms with van der Waals surface area (Å²) in [5.74, 6) is -1.44. The average molecular weight is 286 g/mol. The van der Waals surface area contributed by atoms with Crippen molar-refractivity contribution in [2.75, 3.05) is 6.54 Å². The fraction of sp³-hybridized carbons (Fsp3) is 0.857. The first kappa shape index (κ1) is 16.8. The summed E-state index contributed by atoms with van der Waals surface area (Å²) in [5.41, 5.74) is 0. The molecule has 116 valence electrons. The number of carboxylic acids is 1. The third-order valence-electron chi connectivity index (χ3n) is 3.79. The number of aliphatic hydroxyl groups is 1. The number of carbonyl (C=O) groups excluding carboxylic acids is 1. The van der Waals surface area contributed by atoms with Gasteiger partial charge in [0.1, 0.15) is 0 Å². The Labute approximate surface area is 119 Å². The Bertz CT molecular complexity index is 322. The molecule has 1 fully saturated rings. The van der Waals surface area contributed by atoms with Gasteiger partial charge in [0.15, 0.2) is 0 Å². The summed E-state index contributed by atoms with van der Waals surface area (Å²) in [5, 5.41) is 24.3. The predicted molar refractivity (Wildman–Crippen MR) is 75.4 cm³/mol. The lowest BCUT2D eigenvalue weighted by molar-refractivity contribution is -0.141. The fourth-order valence-corrected chi connectivity index (χ4v) is 2.55. The standard InChI is InChI=1S/C14H26N2O4/c1-2-6-10(13(18)19)9-15-14(20)16-11-7-4-3-5-8-12(11)17/h10-12,17H,2-9H2,1H3,(H,18,19)(H2,15,16,20). The van der Waals surface area contributed by atoms with E-state index in [0.29, 0.717) is 12.8 Å². The molecule has 3 atom stereocenters. The first-order valence-electron chi connectivity index (χ1n) is 7.49. The lowest BCUT2D eigenvalue weighted by atomic mass is 10.0. The second-order valence-corrected chi connectivity index (χ2v) is 5.49. The molecule has 2 amide bonds. The van der Waals surface area contributed by atoms with Crippen LogP contribution in [-0.2, 0) is 4.79 Å². The van der Waals surface area contributed by atoms with Gasteiger partial charge in [0.25, 0.3) is 0 Å². The summed E-state index contributed by atoms with van der Waals surface area (Å²) in [4.78, 5) is 22.8. The molecule has 20 heavy (non-hydrogen) atoms. The lowest BCUT2D eigenvalue weighted by Gasteiger charge is -2.22. The normalized spacial score (nSPS) is 24.5. The van der Waals surface area contributed by atoms with Crippen molar-refractivity contribution in [2.45, 2.75) is 64.0 Å². The fourth-order valence-electron chi connectivity index (χ4n) is 2.55. The molecule has 1 saturated carbocycles. The van der Waals surface area contributed by atoms with Gasteiger partial charge < -0.3 is 20.8 Å². The van der Waals surface area contributed by atoms with E-state index >= 15 is 0 Å². The SMILES string of the molecule is CCCC(CNC(=O)NC1CCCCCC1O)C(=O)O. The van der Waals surface area contributed by atoms with Crippen molar-refractivity contribution in [2.24, 2.45) is 5.92 Å². The monoisotopic (exact) mass is 286 g/mol. The molecule has 1 rings (SSSR count). The molecular formula is C14H26N2O4. The Hall–Kier alpha value is -1.30. The number of rotatable bonds is 6. The Morgan fingerprint density at radius 2 is 1.95 bits per heavy atom. The molecule has 0 saturated heterocycles. The minimum Gasteiger partial charge on any atom is -0.481 e. The maximum atomic E-state index is 11.8. The smallest absolute Gasteiger partial charge is 0.315 e. The van der Waals surface area contributed by atoms with Crippen molar-refractivity contribution in [1.82, 2.24) is 10.6 Å². The molecule has 1 aliphatic carbocycles. The number of nitrogens with one attached hydrogen (secondary N) is 2. The van der Waals surface area contributed by atoms with Crippen LogP contribution in [0.1, 0.15) is 51.9 Å². The van der Waals surface area contributed by atoms with E-state index in [0.717, 1.165) is 32.1 Å². The highest BCUT2D eigenvalue weighted by Gasteiger charge is 2.24. The molecule has 4 N–H and O–H groups in total. The van der Waals surface area contributed by atoms with E-state index in [1.807, 2.05) is 6.92 Å². The van der Waals surface area contributed by atoms with Gasteiger partial charge in [0, 0.05) is 6.54 Å². The van der Waals surface area contributed by atoms with Crippen LogP contribution < -0.4 is 10.6 Å². The van der Waals surface area contributed by atoms with Crippen LogP contribution in [-0.4, -0.2) is 40.9 Å². The van der Waals surface area contributed by atoms with Crippen molar-refractivity contribution in [3.05, 3.63) is 0 Å². The van der Waals surface area contributed by atoms with E-state index in [1.165, 1.54) is 0 Å². The number of aliphatic hydroxyl groups excluding tert-OH is 1. The van der Waals surface area contributed by atoms with Gasteiger partial charge in [-0.3, -0.25) is 4.79 Å². The number of hydrogen-bond acceptors (Lipinski definition) is 3. The zero-order valence-electron chi connectivity index (χ0n) is 12.1. The molecule has 0 aliphatic heterocycles. The first-order chi connectivity index (χ1) is 9.54. The average Bonchev–Trinajstić information content (AvgIpc) is 2.59. The molecular weight excluding hydrogens is 260 g/mol. The largest absolute Gasteiger partial charge is 0.481 e. The summed E-state index contributed by atoms with van der Waals surface area (Å²) in [7, 11) is 0. The maximum absolute atomic E-state index is 11.8. The summed E-state index contributed by atoms with van der Waals surface area (Å²) in [6, 6.07) is -0.620. The number of carboxylic acid groups (broad SMARTS) is 1.